The van der Waals surface area contributed by atoms with Crippen LogP contribution in [0.15, 0.2) is 0 Å². The normalized spacial score (nSPS) is 12.3. The van der Waals surface area contributed by atoms with Gasteiger partial charge in [0, 0.05) is 19.5 Å². The Balaban J connectivity index is 2.36. The topological polar surface area (TPSA) is 72.9 Å². The number of fused-ring (bicyclic) bond motifs is 1. The van der Waals surface area contributed by atoms with Crippen LogP contribution < -0.4 is 11.1 Å². The molecule has 1 amide bonds. The fourth-order valence-corrected chi connectivity index (χ4v) is 3.10. The molecule has 5 nitrogen and oxygen atoms in total. The van der Waals surface area contributed by atoms with Gasteiger partial charge in [0.25, 0.3) is 5.91 Å². The number of nitrogen functional groups attached to an aromatic ring is 1. The zero-order valence-electron chi connectivity index (χ0n) is 11.2. The largest absolute Gasteiger partial charge is 0.397 e. The van der Waals surface area contributed by atoms with Crippen LogP contribution in [0.25, 0.3) is 10.2 Å². The molecule has 1 atom stereocenters. The van der Waals surface area contributed by atoms with E-state index in [1.165, 1.54) is 11.3 Å². The molecule has 0 aliphatic carbocycles. The molecule has 0 aromatic carbocycles. The van der Waals surface area contributed by atoms with Crippen LogP contribution >= 0.6 is 11.3 Å². The van der Waals surface area contributed by atoms with Crippen molar-refractivity contribution in [2.75, 3.05) is 5.73 Å². The van der Waals surface area contributed by atoms with E-state index in [0.29, 0.717) is 17.0 Å². The van der Waals surface area contributed by atoms with Gasteiger partial charge in [0.05, 0.1) is 16.8 Å². The van der Waals surface area contributed by atoms with E-state index in [9.17, 15) is 4.79 Å². The predicted octanol–water partition coefficient (Wildman–Crippen LogP) is 1.67. The summed E-state index contributed by atoms with van der Waals surface area (Å²) >= 11 is 1.35. The number of carbonyl (C=O) groups is 1. The van der Waals surface area contributed by atoms with Crippen LogP contribution in [0, 0.1) is 19.3 Å². The summed E-state index contributed by atoms with van der Waals surface area (Å²) in [5, 5.41) is 8.00. The van der Waals surface area contributed by atoms with Gasteiger partial charge in [-0.15, -0.1) is 23.7 Å². The van der Waals surface area contributed by atoms with Gasteiger partial charge >= 0.3 is 0 Å². The molecule has 0 saturated heterocycles. The minimum atomic E-state index is -0.180. The average Bonchev–Trinajstić information content (AvgIpc) is 2.79. The van der Waals surface area contributed by atoms with Crippen LogP contribution in [0.5, 0.6) is 0 Å². The summed E-state index contributed by atoms with van der Waals surface area (Å²) in [6, 6.07) is -0.0682. The Labute approximate surface area is 115 Å². The lowest BCUT2D eigenvalue weighted by Gasteiger charge is -2.10. The first kappa shape index (κ1) is 13.4. The molecule has 0 bridgehead atoms. The van der Waals surface area contributed by atoms with Crippen molar-refractivity contribution in [1.82, 2.24) is 15.1 Å². The van der Waals surface area contributed by atoms with E-state index in [1.807, 2.05) is 20.9 Å². The van der Waals surface area contributed by atoms with Gasteiger partial charge < -0.3 is 11.1 Å². The minimum absolute atomic E-state index is 0.0682. The van der Waals surface area contributed by atoms with Crippen molar-refractivity contribution in [3.8, 4) is 12.3 Å². The lowest BCUT2D eigenvalue weighted by molar-refractivity contribution is 0.0946. The fraction of sp³-hybridized carbons (Fsp3) is 0.385. The van der Waals surface area contributed by atoms with Crippen molar-refractivity contribution < 1.29 is 4.79 Å². The van der Waals surface area contributed by atoms with E-state index in [-0.39, 0.29) is 11.9 Å². The van der Waals surface area contributed by atoms with Gasteiger partial charge in [0.1, 0.15) is 9.71 Å². The SMILES string of the molecule is C#CCC(C)NC(=O)c1sc2c(c(C)nn2C)c1N. The van der Waals surface area contributed by atoms with Gasteiger partial charge in [-0.2, -0.15) is 5.10 Å². The highest BCUT2D eigenvalue weighted by molar-refractivity contribution is 7.21. The molecule has 0 aliphatic rings. The van der Waals surface area contributed by atoms with Gasteiger partial charge in [-0.25, -0.2) is 0 Å². The third-order valence-electron chi connectivity index (χ3n) is 2.89. The molecule has 2 rings (SSSR count). The van der Waals surface area contributed by atoms with Crippen molar-refractivity contribution in [2.24, 2.45) is 7.05 Å². The number of amides is 1. The number of rotatable bonds is 3. The Morgan fingerprint density at radius 1 is 1.68 bits per heavy atom. The average molecular weight is 276 g/mol. The van der Waals surface area contributed by atoms with Gasteiger partial charge in [0.2, 0.25) is 0 Å². The summed E-state index contributed by atoms with van der Waals surface area (Å²) < 4.78 is 1.74. The monoisotopic (exact) mass is 276 g/mol. The summed E-state index contributed by atoms with van der Waals surface area (Å²) in [5.74, 6) is 2.34. The quantitative estimate of drug-likeness (QED) is 0.837. The third kappa shape index (κ3) is 2.29. The molecule has 2 aromatic heterocycles. The Hall–Kier alpha value is -2.00. The standard InChI is InChI=1S/C13H16N4OS/c1-5-6-7(2)15-12(18)11-10(14)9-8(3)16-17(4)13(9)19-11/h1,7H,6,14H2,2-4H3,(H,15,18). The Morgan fingerprint density at radius 2 is 2.37 bits per heavy atom. The van der Waals surface area contributed by atoms with Crippen molar-refractivity contribution in [2.45, 2.75) is 26.3 Å². The van der Waals surface area contributed by atoms with E-state index in [4.69, 9.17) is 12.2 Å². The van der Waals surface area contributed by atoms with Gasteiger partial charge in [-0.1, -0.05) is 0 Å². The zero-order chi connectivity index (χ0) is 14.2. The molecular formula is C13H16N4OS. The van der Waals surface area contributed by atoms with Crippen LogP contribution in [-0.4, -0.2) is 21.7 Å². The number of hydrogen-bond acceptors (Lipinski definition) is 4. The number of thiophene rings is 1. The summed E-state index contributed by atoms with van der Waals surface area (Å²) in [4.78, 5) is 13.6. The Kier molecular flexibility index (Phi) is 3.49. The lowest BCUT2D eigenvalue weighted by atomic mass is 10.2. The molecule has 6 heteroatoms. The number of nitrogens with zero attached hydrogens (tertiary/aromatic N) is 2. The highest BCUT2D eigenvalue weighted by atomic mass is 32.1. The van der Waals surface area contributed by atoms with Gasteiger partial charge in [0.15, 0.2) is 0 Å². The van der Waals surface area contributed by atoms with E-state index >= 15 is 0 Å². The third-order valence-corrected chi connectivity index (χ3v) is 4.16. The van der Waals surface area contributed by atoms with Crippen molar-refractivity contribution in [1.29, 1.82) is 0 Å². The smallest absolute Gasteiger partial charge is 0.263 e. The number of terminal acetylenes is 1. The maximum atomic E-state index is 12.2. The highest BCUT2D eigenvalue weighted by Gasteiger charge is 2.21. The number of nitrogens with one attached hydrogen (secondary N) is 1. The molecule has 0 aliphatic heterocycles. The molecule has 100 valence electrons. The molecule has 1 unspecified atom stereocenters. The molecule has 0 saturated carbocycles. The van der Waals surface area contributed by atoms with Crippen LogP contribution in [0.4, 0.5) is 5.69 Å². The van der Waals surface area contributed by atoms with Crippen molar-refractivity contribution >= 4 is 33.1 Å². The van der Waals surface area contributed by atoms with Crippen molar-refractivity contribution in [3.05, 3.63) is 10.6 Å². The number of anilines is 1. The molecule has 2 heterocycles. The number of aromatic nitrogens is 2. The number of nitrogens with two attached hydrogens (primary N) is 1. The maximum Gasteiger partial charge on any atom is 0.263 e. The molecule has 0 radical (unpaired) electrons. The Bertz CT molecular complexity index is 677. The molecule has 0 spiro atoms. The molecular weight excluding hydrogens is 260 g/mol. The maximum absolute atomic E-state index is 12.2. The molecule has 0 fully saturated rings. The second-order valence-corrected chi connectivity index (χ2v) is 5.52. The van der Waals surface area contributed by atoms with Gasteiger partial charge in [-0.3, -0.25) is 9.48 Å². The van der Waals surface area contributed by atoms with Gasteiger partial charge in [-0.05, 0) is 13.8 Å². The van der Waals surface area contributed by atoms with Crippen LogP contribution in [0.2, 0.25) is 0 Å². The fourth-order valence-electron chi connectivity index (χ4n) is 2.02. The van der Waals surface area contributed by atoms with E-state index in [1.54, 1.807) is 4.68 Å². The predicted molar refractivity (Wildman–Crippen MR) is 78.1 cm³/mol. The summed E-state index contributed by atoms with van der Waals surface area (Å²) in [7, 11) is 1.84. The summed E-state index contributed by atoms with van der Waals surface area (Å²) in [5.41, 5.74) is 7.39. The highest BCUT2D eigenvalue weighted by Crippen LogP contribution is 2.35. The number of hydrogen-bond donors (Lipinski definition) is 2. The second kappa shape index (κ2) is 4.94. The van der Waals surface area contributed by atoms with Crippen molar-refractivity contribution in [3.63, 3.8) is 0 Å². The first-order valence-electron chi connectivity index (χ1n) is 5.91. The van der Waals surface area contributed by atoms with E-state index < -0.39 is 0 Å². The Morgan fingerprint density at radius 3 is 2.95 bits per heavy atom. The molecule has 3 N–H and O–H groups in total. The summed E-state index contributed by atoms with van der Waals surface area (Å²) in [6.45, 7) is 3.75. The lowest BCUT2D eigenvalue weighted by Crippen LogP contribution is -2.32. The number of aryl methyl sites for hydroxylation is 2. The van der Waals surface area contributed by atoms with E-state index in [2.05, 4.69) is 16.3 Å². The van der Waals surface area contributed by atoms with E-state index in [0.717, 1.165) is 15.9 Å². The van der Waals surface area contributed by atoms with Crippen LogP contribution in [0.3, 0.4) is 0 Å². The first-order valence-corrected chi connectivity index (χ1v) is 6.73. The minimum Gasteiger partial charge on any atom is -0.397 e. The van der Waals surface area contributed by atoms with Crippen LogP contribution in [0.1, 0.15) is 28.7 Å². The molecule has 19 heavy (non-hydrogen) atoms. The molecule has 2 aromatic rings. The zero-order valence-corrected chi connectivity index (χ0v) is 12.0. The van der Waals surface area contributed by atoms with Crippen LogP contribution in [-0.2, 0) is 7.05 Å². The summed E-state index contributed by atoms with van der Waals surface area (Å²) in [6.07, 6.45) is 5.72. The number of carbonyl (C=O) groups excluding carboxylic acids is 1. The first-order chi connectivity index (χ1) is 8.95. The second-order valence-electron chi connectivity index (χ2n) is 4.52.